The maximum atomic E-state index is 13.1. The summed E-state index contributed by atoms with van der Waals surface area (Å²) in [6, 6.07) is 6.14. The first-order valence-electron chi connectivity index (χ1n) is 7.65. The molecule has 122 valence electrons. The quantitative estimate of drug-likeness (QED) is 0.623. The molecule has 0 spiro atoms. The fourth-order valence-corrected chi connectivity index (χ4v) is 2.29. The minimum Gasteiger partial charge on any atom is -0.489 e. The van der Waals surface area contributed by atoms with Crippen molar-refractivity contribution in [2.24, 2.45) is 4.99 Å². The molecule has 1 aliphatic heterocycles. The van der Waals surface area contributed by atoms with Crippen LogP contribution in [0, 0.1) is 5.82 Å². The number of benzene rings is 1. The van der Waals surface area contributed by atoms with Crippen molar-refractivity contribution in [2.45, 2.75) is 32.0 Å². The Labute approximate surface area is 130 Å². The van der Waals surface area contributed by atoms with E-state index in [9.17, 15) is 4.39 Å². The van der Waals surface area contributed by atoms with Crippen LogP contribution in [0.3, 0.4) is 0 Å². The summed E-state index contributed by atoms with van der Waals surface area (Å²) in [6.45, 7) is 4.09. The van der Waals surface area contributed by atoms with Crippen molar-refractivity contribution in [3.05, 3.63) is 30.1 Å². The average molecular weight is 309 g/mol. The van der Waals surface area contributed by atoms with Crippen LogP contribution in [0.25, 0.3) is 0 Å². The Bertz CT molecular complexity index is 490. The third-order valence-electron chi connectivity index (χ3n) is 3.44. The van der Waals surface area contributed by atoms with Gasteiger partial charge in [0.25, 0.3) is 0 Å². The van der Waals surface area contributed by atoms with Gasteiger partial charge >= 0.3 is 0 Å². The van der Waals surface area contributed by atoms with E-state index in [2.05, 4.69) is 15.6 Å². The third kappa shape index (κ3) is 5.52. The highest BCUT2D eigenvalue weighted by molar-refractivity contribution is 5.79. The lowest BCUT2D eigenvalue weighted by molar-refractivity contribution is 0.113. The first kappa shape index (κ1) is 16.5. The van der Waals surface area contributed by atoms with Gasteiger partial charge in [-0.05, 0) is 31.9 Å². The van der Waals surface area contributed by atoms with Crippen molar-refractivity contribution < 1.29 is 13.9 Å². The van der Waals surface area contributed by atoms with E-state index in [0.717, 1.165) is 26.0 Å². The van der Waals surface area contributed by atoms with Crippen LogP contribution in [0.1, 0.15) is 19.8 Å². The second-order valence-corrected chi connectivity index (χ2v) is 5.35. The average Bonchev–Trinajstić information content (AvgIpc) is 3.01. The first-order valence-corrected chi connectivity index (χ1v) is 7.65. The Morgan fingerprint density at radius 2 is 2.36 bits per heavy atom. The van der Waals surface area contributed by atoms with Gasteiger partial charge in [0.15, 0.2) is 5.96 Å². The zero-order chi connectivity index (χ0) is 15.8. The van der Waals surface area contributed by atoms with E-state index >= 15 is 0 Å². The largest absolute Gasteiger partial charge is 0.489 e. The van der Waals surface area contributed by atoms with E-state index in [-0.39, 0.29) is 18.0 Å². The van der Waals surface area contributed by atoms with Gasteiger partial charge in [-0.15, -0.1) is 0 Å². The minimum absolute atomic E-state index is 0.108. The summed E-state index contributed by atoms with van der Waals surface area (Å²) >= 11 is 0. The summed E-state index contributed by atoms with van der Waals surface area (Å²) in [7, 11) is 1.73. The zero-order valence-corrected chi connectivity index (χ0v) is 13.1. The summed E-state index contributed by atoms with van der Waals surface area (Å²) in [5.41, 5.74) is 0. The second-order valence-electron chi connectivity index (χ2n) is 5.35. The molecule has 5 nitrogen and oxygen atoms in total. The van der Waals surface area contributed by atoms with Crippen LogP contribution in [-0.4, -0.2) is 44.9 Å². The molecule has 6 heteroatoms. The van der Waals surface area contributed by atoms with Crippen molar-refractivity contribution in [2.75, 3.05) is 26.7 Å². The van der Waals surface area contributed by atoms with Crippen LogP contribution in [0.15, 0.2) is 29.3 Å². The number of ether oxygens (including phenoxy) is 2. The molecule has 1 aromatic carbocycles. The molecule has 0 bridgehead atoms. The molecule has 22 heavy (non-hydrogen) atoms. The molecular formula is C16H24FN3O2. The minimum atomic E-state index is -0.299. The van der Waals surface area contributed by atoms with Gasteiger partial charge in [0.05, 0.1) is 12.6 Å². The Morgan fingerprint density at radius 1 is 1.50 bits per heavy atom. The molecule has 0 radical (unpaired) electrons. The SMILES string of the molecule is CN=C(NCC(C)Oc1cccc(F)c1)NCC1CCCO1. The summed E-state index contributed by atoms with van der Waals surface area (Å²) in [6.07, 6.45) is 2.36. The molecule has 0 aliphatic carbocycles. The fourth-order valence-electron chi connectivity index (χ4n) is 2.29. The second kappa shape index (κ2) is 8.58. The van der Waals surface area contributed by atoms with Gasteiger partial charge in [0.2, 0.25) is 0 Å². The monoisotopic (exact) mass is 309 g/mol. The fraction of sp³-hybridized carbons (Fsp3) is 0.562. The zero-order valence-electron chi connectivity index (χ0n) is 13.1. The maximum absolute atomic E-state index is 13.1. The van der Waals surface area contributed by atoms with E-state index in [1.54, 1.807) is 19.2 Å². The standard InChI is InChI=1S/C16H24FN3O2/c1-12(22-14-6-3-5-13(17)9-14)10-19-16(18-2)20-11-15-7-4-8-21-15/h3,5-6,9,12,15H,4,7-8,10-11H2,1-2H3,(H2,18,19,20). The van der Waals surface area contributed by atoms with Gasteiger partial charge in [0, 0.05) is 26.3 Å². The summed E-state index contributed by atoms with van der Waals surface area (Å²) < 4.78 is 24.3. The van der Waals surface area contributed by atoms with Gasteiger partial charge in [-0.25, -0.2) is 4.39 Å². The third-order valence-corrected chi connectivity index (χ3v) is 3.44. The van der Waals surface area contributed by atoms with Gasteiger partial charge < -0.3 is 20.1 Å². The van der Waals surface area contributed by atoms with Gasteiger partial charge in [0.1, 0.15) is 17.7 Å². The molecule has 1 fully saturated rings. The molecule has 1 heterocycles. The summed E-state index contributed by atoms with van der Waals surface area (Å²) in [5, 5.41) is 6.43. The Morgan fingerprint density at radius 3 is 3.05 bits per heavy atom. The van der Waals surface area contributed by atoms with Gasteiger partial charge in [-0.1, -0.05) is 6.07 Å². The highest BCUT2D eigenvalue weighted by Gasteiger charge is 2.15. The van der Waals surface area contributed by atoms with E-state index in [1.807, 2.05) is 6.92 Å². The number of rotatable bonds is 6. The molecular weight excluding hydrogens is 285 g/mol. The van der Waals surface area contributed by atoms with Crippen molar-refractivity contribution in [1.29, 1.82) is 0 Å². The molecule has 2 unspecified atom stereocenters. The summed E-state index contributed by atoms with van der Waals surface area (Å²) in [4.78, 5) is 4.17. The maximum Gasteiger partial charge on any atom is 0.191 e. The van der Waals surface area contributed by atoms with Gasteiger partial charge in [-0.3, -0.25) is 4.99 Å². The van der Waals surface area contributed by atoms with Crippen molar-refractivity contribution in [3.63, 3.8) is 0 Å². The van der Waals surface area contributed by atoms with Crippen LogP contribution in [0.5, 0.6) is 5.75 Å². The molecule has 1 aromatic rings. The first-order chi connectivity index (χ1) is 10.7. The lowest BCUT2D eigenvalue weighted by Crippen LogP contribution is -2.44. The number of aliphatic imine (C=N–C) groups is 1. The Balaban J connectivity index is 1.70. The molecule has 2 atom stereocenters. The van der Waals surface area contributed by atoms with E-state index in [1.165, 1.54) is 12.1 Å². The van der Waals surface area contributed by atoms with Crippen LogP contribution in [0.4, 0.5) is 4.39 Å². The van der Waals surface area contributed by atoms with Crippen LogP contribution in [0.2, 0.25) is 0 Å². The Hall–Kier alpha value is -1.82. The van der Waals surface area contributed by atoms with Crippen molar-refractivity contribution in [1.82, 2.24) is 10.6 Å². The highest BCUT2D eigenvalue weighted by Crippen LogP contribution is 2.13. The Kier molecular flexibility index (Phi) is 6.45. The number of hydrogen-bond donors (Lipinski definition) is 2. The highest BCUT2D eigenvalue weighted by atomic mass is 19.1. The van der Waals surface area contributed by atoms with E-state index in [0.29, 0.717) is 18.3 Å². The molecule has 2 N–H and O–H groups in total. The molecule has 0 amide bonds. The van der Waals surface area contributed by atoms with Crippen molar-refractivity contribution >= 4 is 5.96 Å². The van der Waals surface area contributed by atoms with E-state index < -0.39 is 0 Å². The normalized spacial score (nSPS) is 19.8. The van der Waals surface area contributed by atoms with Gasteiger partial charge in [-0.2, -0.15) is 0 Å². The number of halogens is 1. The molecule has 2 rings (SSSR count). The molecule has 0 saturated carbocycles. The molecule has 0 aromatic heterocycles. The molecule has 1 aliphatic rings. The lowest BCUT2D eigenvalue weighted by atomic mass is 10.2. The van der Waals surface area contributed by atoms with Crippen LogP contribution < -0.4 is 15.4 Å². The summed E-state index contributed by atoms with van der Waals surface area (Å²) in [5.74, 6) is 0.938. The topological polar surface area (TPSA) is 54.9 Å². The van der Waals surface area contributed by atoms with E-state index in [4.69, 9.17) is 9.47 Å². The predicted molar refractivity (Wildman–Crippen MR) is 84.8 cm³/mol. The van der Waals surface area contributed by atoms with Crippen LogP contribution in [-0.2, 0) is 4.74 Å². The smallest absolute Gasteiger partial charge is 0.191 e. The number of hydrogen-bond acceptors (Lipinski definition) is 3. The van der Waals surface area contributed by atoms with Crippen molar-refractivity contribution in [3.8, 4) is 5.75 Å². The number of nitrogens with one attached hydrogen (secondary N) is 2. The number of guanidine groups is 1. The van der Waals surface area contributed by atoms with Crippen LogP contribution >= 0.6 is 0 Å². The lowest BCUT2D eigenvalue weighted by Gasteiger charge is -2.19. The molecule has 1 saturated heterocycles. The predicted octanol–water partition coefficient (Wildman–Crippen LogP) is 1.94. The number of nitrogens with zero attached hydrogens (tertiary/aromatic N) is 1.